The first-order valence-corrected chi connectivity index (χ1v) is 8.29. The number of hydrogen-bond acceptors (Lipinski definition) is 10. The van der Waals surface area contributed by atoms with Crippen LogP contribution in [0, 0.1) is 17.2 Å². The Bertz CT molecular complexity index is 966. The molecule has 1 aliphatic heterocycles. The zero-order valence-corrected chi connectivity index (χ0v) is 14.8. The quantitative estimate of drug-likeness (QED) is 0.232. The zero-order chi connectivity index (χ0) is 20.6. The van der Waals surface area contributed by atoms with E-state index in [-0.39, 0.29) is 36.4 Å². The number of anilines is 1. The van der Waals surface area contributed by atoms with E-state index in [0.717, 1.165) is 17.3 Å². The molecule has 3 rings (SSSR count). The lowest BCUT2D eigenvalue weighted by molar-refractivity contribution is -0.178. The molecule has 2 atom stereocenters. The van der Waals surface area contributed by atoms with Crippen molar-refractivity contribution in [2.45, 2.75) is 18.2 Å². The molecule has 0 aromatic carbocycles. The summed E-state index contributed by atoms with van der Waals surface area (Å²) >= 11 is 0. The van der Waals surface area contributed by atoms with Gasteiger partial charge >= 0.3 is 5.79 Å². The Morgan fingerprint density at radius 1 is 1.46 bits per heavy atom. The Balaban J connectivity index is 1.97. The fourth-order valence-electron chi connectivity index (χ4n) is 3.37. The van der Waals surface area contributed by atoms with Gasteiger partial charge in [0.2, 0.25) is 5.88 Å². The lowest BCUT2D eigenvalue weighted by Crippen LogP contribution is -2.58. The largest absolute Gasteiger partial charge is 0.503 e. The van der Waals surface area contributed by atoms with E-state index in [4.69, 9.17) is 5.26 Å². The molecule has 0 radical (unpaired) electrons. The number of piperidine rings is 1. The van der Waals surface area contributed by atoms with Gasteiger partial charge in [-0.1, -0.05) is 0 Å². The van der Waals surface area contributed by atoms with E-state index in [2.05, 4.69) is 15.0 Å². The summed E-state index contributed by atoms with van der Waals surface area (Å²) in [6, 6.07) is 0.485. The van der Waals surface area contributed by atoms with Crippen LogP contribution in [-0.4, -0.2) is 84.4 Å². The summed E-state index contributed by atoms with van der Waals surface area (Å²) in [5, 5.41) is 47.7. The molecule has 0 spiro atoms. The third-order valence-electron chi connectivity index (χ3n) is 4.91. The number of likely N-dealkylation sites (N-methyl/N-ethyl adjacent to an activating group) is 1. The first kappa shape index (κ1) is 19.3. The topological polar surface area (TPSA) is 187 Å². The van der Waals surface area contributed by atoms with Crippen molar-refractivity contribution in [2.24, 2.45) is 5.92 Å². The first-order valence-electron chi connectivity index (χ1n) is 8.29. The van der Waals surface area contributed by atoms with Crippen LogP contribution in [-0.2, 0) is 9.59 Å². The maximum absolute atomic E-state index is 12.2. The van der Waals surface area contributed by atoms with Crippen molar-refractivity contribution in [3.05, 3.63) is 6.33 Å². The molecule has 5 N–H and O–H groups in total. The summed E-state index contributed by atoms with van der Waals surface area (Å²) in [4.78, 5) is 36.9. The molecule has 2 unspecified atom stereocenters. The van der Waals surface area contributed by atoms with Gasteiger partial charge in [0.1, 0.15) is 35.5 Å². The Hall–Kier alpha value is -3.43. The van der Waals surface area contributed by atoms with E-state index >= 15 is 0 Å². The lowest BCUT2D eigenvalue weighted by atomic mass is 9.91. The van der Waals surface area contributed by atoms with Gasteiger partial charge in [0, 0.05) is 26.1 Å². The molecule has 1 amide bonds. The van der Waals surface area contributed by atoms with Crippen molar-refractivity contribution in [1.29, 1.82) is 5.26 Å². The fraction of sp³-hybridized carbons (Fsp3) is 0.438. The third kappa shape index (κ3) is 3.06. The standard InChI is InChI=1S/C16H18N6O6/c1-21(13-10-11(24)14(25)20-12(10)18-7-19-13)9-4-22(3-2-8(9)5-23)15(26)16(27,28)6-17/h5,7-9,24-25,27-28H,2-4H2,1H3,(H,18,19,20). The number of aromatic nitrogens is 3. The first-order chi connectivity index (χ1) is 13.2. The number of likely N-dealkylation sites (tertiary alicyclic amines) is 1. The van der Waals surface area contributed by atoms with Crippen molar-refractivity contribution in [2.75, 3.05) is 25.0 Å². The molecule has 0 bridgehead atoms. The molecule has 3 heterocycles. The van der Waals surface area contributed by atoms with Crippen LogP contribution in [0.4, 0.5) is 5.82 Å². The van der Waals surface area contributed by atoms with Crippen molar-refractivity contribution in [3.8, 4) is 17.7 Å². The fourth-order valence-corrected chi connectivity index (χ4v) is 3.37. The Morgan fingerprint density at radius 3 is 2.82 bits per heavy atom. The molecule has 1 fully saturated rings. The average molecular weight is 390 g/mol. The number of nitrogens with zero attached hydrogens (tertiary/aromatic N) is 5. The summed E-state index contributed by atoms with van der Waals surface area (Å²) in [7, 11) is 1.58. The molecule has 0 aliphatic carbocycles. The van der Waals surface area contributed by atoms with E-state index < -0.39 is 35.3 Å². The van der Waals surface area contributed by atoms with E-state index in [9.17, 15) is 30.0 Å². The van der Waals surface area contributed by atoms with Gasteiger partial charge in [-0.3, -0.25) is 4.79 Å². The molecule has 2 aromatic heterocycles. The highest BCUT2D eigenvalue weighted by Crippen LogP contribution is 2.38. The number of aromatic hydroxyl groups is 2. The van der Waals surface area contributed by atoms with Crippen molar-refractivity contribution in [3.63, 3.8) is 0 Å². The normalized spacial score (nSPS) is 20.0. The van der Waals surface area contributed by atoms with E-state index in [1.165, 1.54) is 6.33 Å². The van der Waals surface area contributed by atoms with Gasteiger partial charge in [-0.05, 0) is 6.42 Å². The number of carbonyl (C=O) groups excluding carboxylic acids is 2. The van der Waals surface area contributed by atoms with E-state index in [1.807, 2.05) is 0 Å². The molecule has 0 saturated carbocycles. The minimum absolute atomic E-state index is 0.0620. The summed E-state index contributed by atoms with van der Waals surface area (Å²) in [6.45, 7) is -0.0293. The second kappa shape index (κ2) is 6.95. The summed E-state index contributed by atoms with van der Waals surface area (Å²) in [5.41, 5.74) is 0.174. The van der Waals surface area contributed by atoms with Crippen LogP contribution in [0.15, 0.2) is 6.33 Å². The maximum Gasteiger partial charge on any atom is 0.336 e. The van der Waals surface area contributed by atoms with E-state index in [1.54, 1.807) is 11.9 Å². The van der Waals surface area contributed by atoms with Crippen LogP contribution in [0.1, 0.15) is 6.42 Å². The number of rotatable bonds is 4. The number of amides is 1. The lowest BCUT2D eigenvalue weighted by Gasteiger charge is -2.42. The number of fused-ring (bicyclic) bond motifs is 1. The number of nitrogens with one attached hydrogen (secondary N) is 1. The van der Waals surface area contributed by atoms with Crippen LogP contribution in [0.25, 0.3) is 11.0 Å². The zero-order valence-electron chi connectivity index (χ0n) is 14.8. The van der Waals surface area contributed by atoms with Gasteiger partial charge in [0.25, 0.3) is 5.91 Å². The predicted octanol–water partition coefficient (Wildman–Crippen LogP) is -1.57. The summed E-state index contributed by atoms with van der Waals surface area (Å²) in [6.07, 6.45) is 2.16. The molecule has 1 saturated heterocycles. The van der Waals surface area contributed by atoms with Gasteiger partial charge in [-0.15, -0.1) is 0 Å². The number of aldehydes is 1. The minimum Gasteiger partial charge on any atom is -0.503 e. The Labute approximate surface area is 158 Å². The Morgan fingerprint density at radius 2 is 2.18 bits per heavy atom. The molecule has 1 aliphatic rings. The monoisotopic (exact) mass is 390 g/mol. The second-order valence-electron chi connectivity index (χ2n) is 6.55. The van der Waals surface area contributed by atoms with Gasteiger partial charge < -0.3 is 40.0 Å². The highest BCUT2D eigenvalue weighted by Gasteiger charge is 2.42. The molecule has 28 heavy (non-hydrogen) atoms. The predicted molar refractivity (Wildman–Crippen MR) is 92.9 cm³/mol. The van der Waals surface area contributed by atoms with Crippen molar-refractivity contribution >= 4 is 29.0 Å². The minimum atomic E-state index is -3.16. The highest BCUT2D eigenvalue weighted by atomic mass is 16.5. The van der Waals surface area contributed by atoms with Crippen LogP contribution < -0.4 is 4.90 Å². The van der Waals surface area contributed by atoms with Gasteiger partial charge in [0.15, 0.2) is 5.75 Å². The van der Waals surface area contributed by atoms with Crippen LogP contribution in [0.2, 0.25) is 0 Å². The van der Waals surface area contributed by atoms with Crippen molar-refractivity contribution < 1.29 is 30.0 Å². The smallest absolute Gasteiger partial charge is 0.336 e. The molecular formula is C16H18N6O6. The molecule has 2 aromatic rings. The summed E-state index contributed by atoms with van der Waals surface area (Å²) < 4.78 is 0. The van der Waals surface area contributed by atoms with E-state index in [0.29, 0.717) is 0 Å². The number of carbonyl (C=O) groups is 2. The number of hydrogen-bond donors (Lipinski definition) is 5. The number of aliphatic hydroxyl groups is 2. The second-order valence-corrected chi connectivity index (χ2v) is 6.55. The van der Waals surface area contributed by atoms with Gasteiger partial charge in [-0.2, -0.15) is 5.26 Å². The number of nitriles is 1. The summed E-state index contributed by atoms with van der Waals surface area (Å²) in [5.74, 6) is -5.63. The van der Waals surface area contributed by atoms with Crippen LogP contribution in [0.5, 0.6) is 11.6 Å². The Kier molecular flexibility index (Phi) is 4.80. The van der Waals surface area contributed by atoms with Gasteiger partial charge in [0.05, 0.1) is 6.04 Å². The molecular weight excluding hydrogens is 372 g/mol. The van der Waals surface area contributed by atoms with Gasteiger partial charge in [-0.25, -0.2) is 9.97 Å². The molecule has 12 nitrogen and oxygen atoms in total. The van der Waals surface area contributed by atoms with Crippen molar-refractivity contribution in [1.82, 2.24) is 19.9 Å². The average Bonchev–Trinajstić information content (AvgIpc) is 3.00. The van der Waals surface area contributed by atoms with Crippen LogP contribution in [0.3, 0.4) is 0 Å². The maximum atomic E-state index is 12.2. The molecule has 12 heteroatoms. The SMILES string of the molecule is CN(c1ncnc2[nH]c(O)c(O)c12)C1CN(C(=O)C(O)(O)C#N)CCC1C=O. The number of aromatic amines is 1. The van der Waals surface area contributed by atoms with Crippen LogP contribution >= 0.6 is 0 Å². The number of H-pyrrole nitrogens is 1. The third-order valence-corrected chi connectivity index (χ3v) is 4.91. The highest BCUT2D eigenvalue weighted by molar-refractivity contribution is 5.95. The molecule has 148 valence electrons.